The Hall–Kier alpha value is -2.60. The minimum absolute atomic E-state index is 0. The summed E-state index contributed by atoms with van der Waals surface area (Å²) in [6.45, 7) is 0. The number of anilines is 2. The van der Waals surface area contributed by atoms with Crippen LogP contribution in [0, 0.1) is 0 Å². The van der Waals surface area contributed by atoms with Crippen molar-refractivity contribution in [1.82, 2.24) is 15.0 Å². The molecular formula is C18H19ClN4O2. The van der Waals surface area contributed by atoms with Gasteiger partial charge in [0.25, 0.3) is 0 Å². The fourth-order valence-electron chi connectivity index (χ4n) is 3.11. The zero-order chi connectivity index (χ0) is 16.5. The Balaban J connectivity index is 0.00000182. The summed E-state index contributed by atoms with van der Waals surface area (Å²) in [6, 6.07) is 5.89. The molecule has 2 aromatic heterocycles. The number of aromatic nitrogens is 3. The Kier molecular flexibility index (Phi) is 4.90. The van der Waals surface area contributed by atoms with Crippen LogP contribution in [-0.4, -0.2) is 29.2 Å². The third-order valence-corrected chi connectivity index (χ3v) is 4.32. The van der Waals surface area contributed by atoms with Gasteiger partial charge in [0.05, 0.1) is 31.6 Å². The van der Waals surface area contributed by atoms with Crippen molar-refractivity contribution < 1.29 is 9.47 Å². The summed E-state index contributed by atoms with van der Waals surface area (Å²) < 4.78 is 10.7. The van der Waals surface area contributed by atoms with E-state index in [4.69, 9.17) is 9.47 Å². The Bertz CT molecular complexity index is 917. The van der Waals surface area contributed by atoms with E-state index in [1.807, 2.05) is 18.3 Å². The van der Waals surface area contributed by atoms with Gasteiger partial charge in [-0.15, -0.1) is 12.4 Å². The molecule has 6 nitrogen and oxygen atoms in total. The van der Waals surface area contributed by atoms with Gasteiger partial charge in [0, 0.05) is 17.1 Å². The van der Waals surface area contributed by atoms with E-state index in [1.54, 1.807) is 14.2 Å². The van der Waals surface area contributed by atoms with Crippen LogP contribution in [0.3, 0.4) is 0 Å². The molecule has 1 aliphatic rings. The lowest BCUT2D eigenvalue weighted by Crippen LogP contribution is -1.99. The van der Waals surface area contributed by atoms with Gasteiger partial charge in [-0.25, -0.2) is 9.97 Å². The van der Waals surface area contributed by atoms with Crippen molar-refractivity contribution in [3.8, 4) is 11.5 Å². The van der Waals surface area contributed by atoms with Gasteiger partial charge in [0.1, 0.15) is 12.1 Å². The molecule has 0 saturated carbocycles. The predicted octanol–water partition coefficient (Wildman–Crippen LogP) is 3.70. The number of fused-ring (bicyclic) bond motifs is 2. The van der Waals surface area contributed by atoms with Crippen molar-refractivity contribution in [3.05, 3.63) is 42.0 Å². The first-order valence-electron chi connectivity index (χ1n) is 7.90. The van der Waals surface area contributed by atoms with E-state index in [9.17, 15) is 0 Å². The largest absolute Gasteiger partial charge is 0.493 e. The second-order valence-electron chi connectivity index (χ2n) is 5.75. The van der Waals surface area contributed by atoms with Gasteiger partial charge >= 0.3 is 0 Å². The highest BCUT2D eigenvalue weighted by Crippen LogP contribution is 2.34. The Morgan fingerprint density at radius 3 is 2.56 bits per heavy atom. The van der Waals surface area contributed by atoms with Gasteiger partial charge in [-0.3, -0.25) is 4.98 Å². The van der Waals surface area contributed by atoms with Crippen LogP contribution in [0.1, 0.15) is 17.7 Å². The van der Waals surface area contributed by atoms with Crippen LogP contribution in [0.25, 0.3) is 10.9 Å². The van der Waals surface area contributed by atoms with Crippen molar-refractivity contribution in [2.45, 2.75) is 19.3 Å². The first-order valence-corrected chi connectivity index (χ1v) is 7.90. The molecule has 0 spiro atoms. The van der Waals surface area contributed by atoms with E-state index in [1.165, 1.54) is 24.0 Å². The number of nitrogens with one attached hydrogen (secondary N) is 1. The monoisotopic (exact) mass is 358 g/mol. The van der Waals surface area contributed by atoms with Crippen LogP contribution < -0.4 is 14.8 Å². The fourth-order valence-corrected chi connectivity index (χ4v) is 3.11. The number of benzene rings is 1. The molecule has 1 N–H and O–H groups in total. The van der Waals surface area contributed by atoms with Gasteiger partial charge in [0.2, 0.25) is 0 Å². The molecule has 1 aliphatic carbocycles. The minimum atomic E-state index is 0. The zero-order valence-electron chi connectivity index (χ0n) is 14.1. The molecule has 0 bridgehead atoms. The van der Waals surface area contributed by atoms with Crippen molar-refractivity contribution in [3.63, 3.8) is 0 Å². The summed E-state index contributed by atoms with van der Waals surface area (Å²) in [4.78, 5) is 13.2. The van der Waals surface area contributed by atoms with E-state index in [2.05, 4.69) is 26.3 Å². The van der Waals surface area contributed by atoms with Crippen LogP contribution in [0.15, 0.2) is 30.7 Å². The molecule has 0 unspecified atom stereocenters. The molecule has 4 rings (SSSR count). The van der Waals surface area contributed by atoms with Crippen LogP contribution in [0.5, 0.6) is 11.5 Å². The second kappa shape index (κ2) is 7.11. The molecule has 25 heavy (non-hydrogen) atoms. The van der Waals surface area contributed by atoms with Crippen LogP contribution in [0.2, 0.25) is 0 Å². The van der Waals surface area contributed by atoms with E-state index < -0.39 is 0 Å². The van der Waals surface area contributed by atoms with Gasteiger partial charge in [-0.1, -0.05) is 0 Å². The lowest BCUT2D eigenvalue weighted by molar-refractivity contribution is 0.356. The summed E-state index contributed by atoms with van der Waals surface area (Å²) in [6.07, 6.45) is 6.74. The maximum atomic E-state index is 5.39. The van der Waals surface area contributed by atoms with Gasteiger partial charge in [-0.2, -0.15) is 0 Å². The van der Waals surface area contributed by atoms with E-state index >= 15 is 0 Å². The molecule has 7 heteroatoms. The summed E-state index contributed by atoms with van der Waals surface area (Å²) in [5, 5.41) is 4.23. The van der Waals surface area contributed by atoms with Gasteiger partial charge < -0.3 is 14.8 Å². The molecule has 0 atom stereocenters. The minimum Gasteiger partial charge on any atom is -0.493 e. The first-order chi connectivity index (χ1) is 11.8. The highest BCUT2D eigenvalue weighted by molar-refractivity contribution is 5.93. The Morgan fingerprint density at radius 1 is 0.960 bits per heavy atom. The summed E-state index contributed by atoms with van der Waals surface area (Å²) in [5.41, 5.74) is 4.25. The number of halogens is 1. The molecule has 0 radical (unpaired) electrons. The second-order valence-corrected chi connectivity index (χ2v) is 5.75. The number of methoxy groups -OCH3 is 2. The number of nitrogens with zero attached hydrogens (tertiary/aromatic N) is 3. The third-order valence-electron chi connectivity index (χ3n) is 4.32. The Labute approximate surface area is 152 Å². The van der Waals surface area contributed by atoms with E-state index in [0.29, 0.717) is 11.5 Å². The van der Waals surface area contributed by atoms with Crippen molar-refractivity contribution in [2.24, 2.45) is 0 Å². The lowest BCUT2D eigenvalue weighted by atomic mass is 10.2. The molecule has 0 saturated heterocycles. The van der Waals surface area contributed by atoms with E-state index in [-0.39, 0.29) is 12.4 Å². The molecule has 130 valence electrons. The molecule has 1 aromatic carbocycles. The molecular weight excluding hydrogens is 340 g/mol. The topological polar surface area (TPSA) is 69.2 Å². The zero-order valence-corrected chi connectivity index (χ0v) is 14.9. The fraction of sp³-hybridized carbons (Fsp3) is 0.278. The highest BCUT2D eigenvalue weighted by Gasteiger charge is 2.14. The maximum absolute atomic E-state index is 5.39. The van der Waals surface area contributed by atoms with Crippen LogP contribution in [0.4, 0.5) is 11.5 Å². The van der Waals surface area contributed by atoms with Crippen molar-refractivity contribution in [2.75, 3.05) is 19.5 Å². The summed E-state index contributed by atoms with van der Waals surface area (Å²) in [5.74, 6) is 2.02. The summed E-state index contributed by atoms with van der Waals surface area (Å²) >= 11 is 0. The van der Waals surface area contributed by atoms with Gasteiger partial charge in [-0.05, 0) is 37.0 Å². The van der Waals surface area contributed by atoms with Crippen molar-refractivity contribution >= 4 is 34.8 Å². The van der Waals surface area contributed by atoms with Gasteiger partial charge in [0.15, 0.2) is 11.5 Å². The lowest BCUT2D eigenvalue weighted by Gasteiger charge is -2.12. The number of ether oxygens (including phenoxy) is 2. The summed E-state index contributed by atoms with van der Waals surface area (Å²) in [7, 11) is 3.23. The SMILES string of the molecule is COc1cc2ncnc(Nc3cnc4c(c3)CCC4)c2cc1OC.Cl. The molecule has 2 heterocycles. The van der Waals surface area contributed by atoms with Crippen LogP contribution >= 0.6 is 12.4 Å². The standard InChI is InChI=1S/C18H18N4O2.ClH/c1-23-16-7-13-15(8-17(16)24-2)20-10-21-18(13)22-12-6-11-4-3-5-14(11)19-9-12;/h6-10H,3-5H2,1-2H3,(H,20,21,22);1H. The first kappa shape index (κ1) is 17.2. The number of hydrogen-bond donors (Lipinski definition) is 1. The smallest absolute Gasteiger partial charge is 0.162 e. The molecule has 0 fully saturated rings. The van der Waals surface area contributed by atoms with E-state index in [0.717, 1.165) is 35.2 Å². The predicted molar refractivity (Wildman–Crippen MR) is 99.4 cm³/mol. The van der Waals surface area contributed by atoms with Crippen molar-refractivity contribution in [1.29, 1.82) is 0 Å². The quantitative estimate of drug-likeness (QED) is 0.767. The average molecular weight is 359 g/mol. The maximum Gasteiger partial charge on any atom is 0.162 e. The molecule has 3 aromatic rings. The third kappa shape index (κ3) is 3.17. The van der Waals surface area contributed by atoms with Crippen LogP contribution in [-0.2, 0) is 12.8 Å². The normalized spacial score (nSPS) is 12.4. The molecule has 0 amide bonds. The average Bonchev–Trinajstić information content (AvgIpc) is 3.08. The number of hydrogen-bond acceptors (Lipinski definition) is 6. The number of rotatable bonds is 4. The molecule has 0 aliphatic heterocycles. The number of aryl methyl sites for hydroxylation is 2. The number of pyridine rings is 1. The Morgan fingerprint density at radius 2 is 1.76 bits per heavy atom. The highest BCUT2D eigenvalue weighted by atomic mass is 35.5.